The molecule has 1 aromatic carbocycles. The molecule has 5 nitrogen and oxygen atoms in total. The quantitative estimate of drug-likeness (QED) is 0.776. The number of carbonyl (C=O) groups is 1. The zero-order chi connectivity index (χ0) is 15.3. The molecule has 0 fully saturated rings. The minimum atomic E-state index is -3.12. The topological polar surface area (TPSA) is 80.5 Å². The Hall–Kier alpha value is -1.47. The number of nitrogens with two attached hydrogens (primary N) is 1. The van der Waals surface area contributed by atoms with Gasteiger partial charge in [0.2, 0.25) is 5.91 Å². The molecule has 2 N–H and O–H groups in total. The maximum Gasteiger partial charge on any atom is 0.236 e. The summed E-state index contributed by atoms with van der Waals surface area (Å²) >= 11 is 4.96. The van der Waals surface area contributed by atoms with Crippen LogP contribution >= 0.6 is 12.2 Å². The summed E-state index contributed by atoms with van der Waals surface area (Å²) in [4.78, 5) is 13.8. The van der Waals surface area contributed by atoms with Crippen molar-refractivity contribution in [2.75, 3.05) is 25.6 Å². The SMILES string of the molecule is CN(CCS(C)(=O)=O)C(=O)C(C(N)=S)c1ccccc1. The van der Waals surface area contributed by atoms with E-state index < -0.39 is 15.8 Å². The van der Waals surface area contributed by atoms with Crippen molar-refractivity contribution in [1.82, 2.24) is 4.90 Å². The molecule has 0 saturated carbocycles. The highest BCUT2D eigenvalue weighted by molar-refractivity contribution is 7.90. The van der Waals surface area contributed by atoms with Crippen molar-refractivity contribution in [2.24, 2.45) is 5.73 Å². The van der Waals surface area contributed by atoms with Crippen LogP contribution in [0, 0.1) is 0 Å². The van der Waals surface area contributed by atoms with Gasteiger partial charge in [-0.2, -0.15) is 0 Å². The van der Waals surface area contributed by atoms with Gasteiger partial charge in [0.1, 0.15) is 15.8 Å². The maximum absolute atomic E-state index is 12.4. The van der Waals surface area contributed by atoms with Gasteiger partial charge in [0.05, 0.1) is 10.7 Å². The first-order chi connectivity index (χ1) is 9.22. The van der Waals surface area contributed by atoms with E-state index in [2.05, 4.69) is 0 Å². The van der Waals surface area contributed by atoms with Crippen LogP contribution in [-0.2, 0) is 14.6 Å². The molecule has 110 valence electrons. The predicted molar refractivity (Wildman–Crippen MR) is 83.3 cm³/mol. The van der Waals surface area contributed by atoms with E-state index in [9.17, 15) is 13.2 Å². The standard InChI is InChI=1S/C13H18N2O3S2/c1-15(8-9-20(2,17)18)13(16)11(12(14)19)10-6-4-3-5-7-10/h3-7,11H,8-9H2,1-2H3,(H2,14,19). The molecule has 0 bridgehead atoms. The monoisotopic (exact) mass is 314 g/mol. The van der Waals surface area contributed by atoms with E-state index >= 15 is 0 Å². The summed E-state index contributed by atoms with van der Waals surface area (Å²) in [5, 5.41) is 0. The Morgan fingerprint density at radius 3 is 2.35 bits per heavy atom. The Kier molecular flexibility index (Phi) is 5.64. The molecule has 1 aromatic rings. The number of likely N-dealkylation sites (N-methyl/N-ethyl adjacent to an activating group) is 1. The molecule has 1 rings (SSSR count). The average Bonchev–Trinajstić information content (AvgIpc) is 2.36. The third-order valence-electron chi connectivity index (χ3n) is 2.84. The van der Waals surface area contributed by atoms with Gasteiger partial charge in [-0.15, -0.1) is 0 Å². The van der Waals surface area contributed by atoms with Gasteiger partial charge < -0.3 is 10.6 Å². The normalized spacial score (nSPS) is 12.7. The number of sulfone groups is 1. The van der Waals surface area contributed by atoms with Crippen LogP contribution in [-0.4, -0.2) is 49.8 Å². The van der Waals surface area contributed by atoms with E-state index in [4.69, 9.17) is 18.0 Å². The minimum Gasteiger partial charge on any atom is -0.392 e. The summed E-state index contributed by atoms with van der Waals surface area (Å²) in [7, 11) is -1.58. The smallest absolute Gasteiger partial charge is 0.236 e. The van der Waals surface area contributed by atoms with Crippen molar-refractivity contribution in [3.8, 4) is 0 Å². The van der Waals surface area contributed by atoms with E-state index in [-0.39, 0.29) is 23.2 Å². The van der Waals surface area contributed by atoms with E-state index in [1.165, 1.54) is 4.90 Å². The van der Waals surface area contributed by atoms with Crippen molar-refractivity contribution in [3.05, 3.63) is 35.9 Å². The van der Waals surface area contributed by atoms with Crippen LogP contribution in [0.3, 0.4) is 0 Å². The van der Waals surface area contributed by atoms with Gasteiger partial charge in [-0.3, -0.25) is 4.79 Å². The summed E-state index contributed by atoms with van der Waals surface area (Å²) in [5.74, 6) is -1.11. The van der Waals surface area contributed by atoms with Crippen LogP contribution < -0.4 is 5.73 Å². The van der Waals surface area contributed by atoms with E-state index in [0.29, 0.717) is 5.56 Å². The molecule has 0 aliphatic heterocycles. The number of thiocarbonyl (C=S) groups is 1. The average molecular weight is 314 g/mol. The molecule has 20 heavy (non-hydrogen) atoms. The van der Waals surface area contributed by atoms with Gasteiger partial charge in [-0.25, -0.2) is 8.42 Å². The number of nitrogens with zero attached hydrogens (tertiary/aromatic N) is 1. The second-order valence-electron chi connectivity index (χ2n) is 4.64. The second kappa shape index (κ2) is 6.81. The lowest BCUT2D eigenvalue weighted by molar-refractivity contribution is -0.129. The molecule has 1 amide bonds. The number of hydrogen-bond donors (Lipinski definition) is 1. The van der Waals surface area contributed by atoms with E-state index in [1.54, 1.807) is 31.3 Å². The predicted octanol–water partition coefficient (Wildman–Crippen LogP) is 0.559. The number of benzene rings is 1. The molecule has 1 unspecified atom stereocenters. The first-order valence-electron chi connectivity index (χ1n) is 5.99. The van der Waals surface area contributed by atoms with Crippen LogP contribution in [0.2, 0.25) is 0 Å². The summed E-state index contributed by atoms with van der Waals surface area (Å²) in [6.45, 7) is 0.115. The van der Waals surface area contributed by atoms with E-state index in [0.717, 1.165) is 6.26 Å². The lowest BCUT2D eigenvalue weighted by Crippen LogP contribution is -2.39. The molecule has 0 saturated heterocycles. The molecule has 0 heterocycles. The molecule has 7 heteroatoms. The zero-order valence-corrected chi connectivity index (χ0v) is 13.1. The third-order valence-corrected chi connectivity index (χ3v) is 4.00. The van der Waals surface area contributed by atoms with Crippen molar-refractivity contribution < 1.29 is 13.2 Å². The zero-order valence-electron chi connectivity index (χ0n) is 11.4. The van der Waals surface area contributed by atoms with Gasteiger partial charge in [-0.05, 0) is 5.56 Å². The third kappa shape index (κ3) is 4.90. The van der Waals surface area contributed by atoms with Crippen LogP contribution in [0.5, 0.6) is 0 Å². The van der Waals surface area contributed by atoms with Gasteiger partial charge in [0.15, 0.2) is 0 Å². The van der Waals surface area contributed by atoms with Gasteiger partial charge in [-0.1, -0.05) is 42.5 Å². The lowest BCUT2D eigenvalue weighted by Gasteiger charge is -2.23. The molecular formula is C13H18N2O3S2. The van der Waals surface area contributed by atoms with Crippen LogP contribution in [0.4, 0.5) is 0 Å². The number of hydrogen-bond acceptors (Lipinski definition) is 4. The number of carbonyl (C=O) groups excluding carboxylic acids is 1. The molecule has 0 spiro atoms. The first-order valence-corrected chi connectivity index (χ1v) is 8.46. The highest BCUT2D eigenvalue weighted by atomic mass is 32.2. The summed E-state index contributed by atoms with van der Waals surface area (Å²) in [5.41, 5.74) is 6.36. The van der Waals surface area contributed by atoms with Crippen molar-refractivity contribution in [3.63, 3.8) is 0 Å². The molecule has 1 atom stereocenters. The molecule has 0 aliphatic rings. The Bertz CT molecular complexity index is 585. The fourth-order valence-electron chi connectivity index (χ4n) is 1.71. The fraction of sp³-hybridized carbons (Fsp3) is 0.385. The summed E-state index contributed by atoms with van der Waals surface area (Å²) in [6, 6.07) is 8.96. The van der Waals surface area contributed by atoms with Crippen molar-refractivity contribution >= 4 is 33.0 Å². The Balaban J connectivity index is 2.88. The lowest BCUT2D eigenvalue weighted by atomic mass is 9.98. The summed E-state index contributed by atoms with van der Waals surface area (Å²) < 4.78 is 22.3. The molecule has 0 aliphatic carbocycles. The van der Waals surface area contributed by atoms with Crippen LogP contribution in [0.15, 0.2) is 30.3 Å². The Labute approximate surface area is 124 Å². The summed E-state index contributed by atoms with van der Waals surface area (Å²) in [6.07, 6.45) is 1.13. The fourth-order valence-corrected chi connectivity index (χ4v) is 2.55. The number of rotatable bonds is 6. The first kappa shape index (κ1) is 16.6. The highest BCUT2D eigenvalue weighted by Gasteiger charge is 2.26. The second-order valence-corrected chi connectivity index (χ2v) is 7.37. The molecule has 0 aromatic heterocycles. The van der Waals surface area contributed by atoms with Gasteiger partial charge >= 0.3 is 0 Å². The highest BCUT2D eigenvalue weighted by Crippen LogP contribution is 2.18. The van der Waals surface area contributed by atoms with Gasteiger partial charge in [0, 0.05) is 19.8 Å². The minimum absolute atomic E-state index is 0.0763. The van der Waals surface area contributed by atoms with Crippen LogP contribution in [0.1, 0.15) is 11.5 Å². The largest absolute Gasteiger partial charge is 0.392 e. The Morgan fingerprint density at radius 2 is 1.90 bits per heavy atom. The van der Waals surface area contributed by atoms with Crippen molar-refractivity contribution in [2.45, 2.75) is 5.92 Å². The van der Waals surface area contributed by atoms with Crippen molar-refractivity contribution in [1.29, 1.82) is 0 Å². The maximum atomic E-state index is 12.4. The Morgan fingerprint density at radius 1 is 1.35 bits per heavy atom. The van der Waals surface area contributed by atoms with Crippen LogP contribution in [0.25, 0.3) is 0 Å². The molecular weight excluding hydrogens is 296 g/mol. The molecule has 0 radical (unpaired) electrons. The van der Waals surface area contributed by atoms with E-state index in [1.807, 2.05) is 6.07 Å². The van der Waals surface area contributed by atoms with Gasteiger partial charge in [0.25, 0.3) is 0 Å². The number of amides is 1.